The summed E-state index contributed by atoms with van der Waals surface area (Å²) in [5.74, 6) is 0.828. The quantitative estimate of drug-likeness (QED) is 0.552. The normalized spacial score (nSPS) is 11.0. The highest BCUT2D eigenvalue weighted by Gasteiger charge is 2.08. The number of amides is 1. The summed E-state index contributed by atoms with van der Waals surface area (Å²) in [6.45, 7) is 0. The first-order valence-corrected chi connectivity index (χ1v) is 7.31. The van der Waals surface area contributed by atoms with Crippen molar-refractivity contribution in [2.24, 2.45) is 5.10 Å². The second-order valence-electron chi connectivity index (χ2n) is 4.51. The van der Waals surface area contributed by atoms with Gasteiger partial charge in [0.05, 0.1) is 22.5 Å². The summed E-state index contributed by atoms with van der Waals surface area (Å²) in [5, 5.41) is 4.73. The van der Waals surface area contributed by atoms with E-state index < -0.39 is 5.91 Å². The third kappa shape index (κ3) is 3.64. The lowest BCUT2D eigenvalue weighted by atomic mass is 10.2. The lowest BCUT2D eigenvalue weighted by Crippen LogP contribution is -2.16. The molecule has 0 aliphatic heterocycles. The Morgan fingerprint density at radius 3 is 2.74 bits per heavy atom. The lowest BCUT2D eigenvalue weighted by molar-refractivity contribution is 0.0927. The molecule has 0 aliphatic carbocycles. The SMILES string of the molecule is O=C(NN=Cc1ccc(-c2ccc(Cl)c(Cl)c2)o1)c1ccco1. The Morgan fingerprint density at radius 1 is 1.13 bits per heavy atom. The van der Waals surface area contributed by atoms with Gasteiger partial charge in [-0.15, -0.1) is 0 Å². The fraction of sp³-hybridized carbons (Fsp3) is 0. The van der Waals surface area contributed by atoms with Gasteiger partial charge in [-0.3, -0.25) is 4.79 Å². The molecule has 0 saturated carbocycles. The summed E-state index contributed by atoms with van der Waals surface area (Å²) in [4.78, 5) is 11.6. The van der Waals surface area contributed by atoms with E-state index in [0.717, 1.165) is 5.56 Å². The number of hydrogen-bond acceptors (Lipinski definition) is 4. The van der Waals surface area contributed by atoms with Gasteiger partial charge in [0, 0.05) is 5.56 Å². The van der Waals surface area contributed by atoms with E-state index in [1.165, 1.54) is 12.5 Å². The number of nitrogens with zero attached hydrogens (tertiary/aromatic N) is 1. The highest BCUT2D eigenvalue weighted by Crippen LogP contribution is 2.29. The number of hydrogen-bond donors (Lipinski definition) is 1. The third-order valence-corrected chi connectivity index (χ3v) is 3.67. The molecule has 0 fully saturated rings. The standard InChI is InChI=1S/C16H10Cl2N2O3/c17-12-5-3-10(8-13(12)18)14-6-4-11(23-14)9-19-20-16(21)15-2-1-7-22-15/h1-9H,(H,20,21). The van der Waals surface area contributed by atoms with E-state index in [-0.39, 0.29) is 5.76 Å². The van der Waals surface area contributed by atoms with Crippen LogP contribution in [0.4, 0.5) is 0 Å². The Bertz CT molecular complexity index is 854. The second-order valence-corrected chi connectivity index (χ2v) is 5.32. The number of furan rings is 2. The van der Waals surface area contributed by atoms with Crippen LogP contribution >= 0.6 is 23.2 Å². The zero-order chi connectivity index (χ0) is 16.2. The van der Waals surface area contributed by atoms with Gasteiger partial charge in [0.1, 0.15) is 11.5 Å². The maximum Gasteiger partial charge on any atom is 0.307 e. The summed E-state index contributed by atoms with van der Waals surface area (Å²) in [6.07, 6.45) is 2.80. The van der Waals surface area contributed by atoms with Crippen molar-refractivity contribution in [2.45, 2.75) is 0 Å². The molecule has 0 atom stereocenters. The average Bonchev–Trinajstić information content (AvgIpc) is 3.21. The van der Waals surface area contributed by atoms with Gasteiger partial charge in [0.25, 0.3) is 0 Å². The molecule has 0 saturated heterocycles. The van der Waals surface area contributed by atoms with Crippen molar-refractivity contribution in [3.8, 4) is 11.3 Å². The molecule has 0 bridgehead atoms. The van der Waals surface area contributed by atoms with Gasteiger partial charge in [-0.05, 0) is 42.5 Å². The van der Waals surface area contributed by atoms with Crippen LogP contribution in [0.2, 0.25) is 10.0 Å². The van der Waals surface area contributed by atoms with E-state index >= 15 is 0 Å². The van der Waals surface area contributed by atoms with Crippen LogP contribution in [0.5, 0.6) is 0 Å². The van der Waals surface area contributed by atoms with E-state index in [0.29, 0.717) is 21.6 Å². The summed E-state index contributed by atoms with van der Waals surface area (Å²) in [6, 6.07) is 11.9. The molecule has 3 aromatic rings. The van der Waals surface area contributed by atoms with Gasteiger partial charge in [0.15, 0.2) is 5.76 Å². The Hall–Kier alpha value is -2.50. The van der Waals surface area contributed by atoms with E-state index in [9.17, 15) is 4.79 Å². The van der Waals surface area contributed by atoms with Crippen molar-refractivity contribution in [1.29, 1.82) is 0 Å². The van der Waals surface area contributed by atoms with Crippen LogP contribution in [-0.2, 0) is 0 Å². The molecule has 7 heteroatoms. The van der Waals surface area contributed by atoms with Crippen molar-refractivity contribution in [3.05, 3.63) is 70.3 Å². The third-order valence-electron chi connectivity index (χ3n) is 2.93. The smallest absolute Gasteiger partial charge is 0.307 e. The zero-order valence-corrected chi connectivity index (χ0v) is 13.1. The highest BCUT2D eigenvalue weighted by atomic mass is 35.5. The van der Waals surface area contributed by atoms with Gasteiger partial charge >= 0.3 is 5.91 Å². The van der Waals surface area contributed by atoms with E-state index in [4.69, 9.17) is 32.0 Å². The Kier molecular flexibility index (Phi) is 4.50. The van der Waals surface area contributed by atoms with Crippen molar-refractivity contribution >= 4 is 35.3 Å². The molecule has 2 heterocycles. The summed E-state index contributed by atoms with van der Waals surface area (Å²) in [7, 11) is 0. The summed E-state index contributed by atoms with van der Waals surface area (Å²) < 4.78 is 10.6. The fourth-order valence-electron chi connectivity index (χ4n) is 1.84. The molecule has 116 valence electrons. The first kappa shape index (κ1) is 15.4. The number of rotatable bonds is 4. The lowest BCUT2D eigenvalue weighted by Gasteiger charge is -1.99. The molecule has 3 rings (SSSR count). The minimum Gasteiger partial charge on any atom is -0.459 e. The van der Waals surface area contributed by atoms with Crippen LogP contribution in [0, 0.1) is 0 Å². The molecule has 1 amide bonds. The fourth-order valence-corrected chi connectivity index (χ4v) is 2.14. The minimum absolute atomic E-state index is 0.179. The largest absolute Gasteiger partial charge is 0.459 e. The molecule has 0 aliphatic rings. The van der Waals surface area contributed by atoms with Crippen LogP contribution < -0.4 is 5.43 Å². The van der Waals surface area contributed by atoms with E-state index in [2.05, 4.69) is 10.5 Å². The molecule has 1 N–H and O–H groups in total. The number of hydrazone groups is 1. The molecule has 23 heavy (non-hydrogen) atoms. The zero-order valence-electron chi connectivity index (χ0n) is 11.6. The molecule has 2 aromatic heterocycles. The molecule has 0 unspecified atom stereocenters. The average molecular weight is 349 g/mol. The maximum absolute atomic E-state index is 11.6. The second kappa shape index (κ2) is 6.73. The molecule has 0 radical (unpaired) electrons. The van der Waals surface area contributed by atoms with Gasteiger partial charge in [0.2, 0.25) is 0 Å². The monoisotopic (exact) mass is 348 g/mol. The van der Waals surface area contributed by atoms with Crippen molar-refractivity contribution in [2.75, 3.05) is 0 Å². The van der Waals surface area contributed by atoms with Crippen molar-refractivity contribution < 1.29 is 13.6 Å². The van der Waals surface area contributed by atoms with Crippen LogP contribution in [0.1, 0.15) is 16.3 Å². The topological polar surface area (TPSA) is 67.7 Å². The van der Waals surface area contributed by atoms with Gasteiger partial charge < -0.3 is 8.83 Å². The first-order chi connectivity index (χ1) is 11.1. The number of benzene rings is 1. The predicted molar refractivity (Wildman–Crippen MR) is 87.9 cm³/mol. The predicted octanol–water partition coefficient (Wildman–Crippen LogP) is 4.61. The first-order valence-electron chi connectivity index (χ1n) is 6.55. The minimum atomic E-state index is -0.442. The number of nitrogens with one attached hydrogen (secondary N) is 1. The number of carbonyl (C=O) groups is 1. The van der Waals surface area contributed by atoms with Crippen LogP contribution in [-0.4, -0.2) is 12.1 Å². The van der Waals surface area contributed by atoms with Crippen molar-refractivity contribution in [3.63, 3.8) is 0 Å². The van der Waals surface area contributed by atoms with Gasteiger partial charge in [-0.2, -0.15) is 5.10 Å². The molecule has 1 aromatic carbocycles. The van der Waals surface area contributed by atoms with Crippen LogP contribution in [0.25, 0.3) is 11.3 Å². The molecule has 0 spiro atoms. The number of carbonyl (C=O) groups excluding carboxylic acids is 1. The highest BCUT2D eigenvalue weighted by molar-refractivity contribution is 6.42. The van der Waals surface area contributed by atoms with Gasteiger partial charge in [-0.25, -0.2) is 5.43 Å². The Balaban J connectivity index is 1.68. The molecular weight excluding hydrogens is 339 g/mol. The number of halogens is 2. The summed E-state index contributed by atoms with van der Waals surface area (Å²) in [5.41, 5.74) is 3.13. The summed E-state index contributed by atoms with van der Waals surface area (Å²) >= 11 is 11.9. The Labute approximate surface area is 141 Å². The maximum atomic E-state index is 11.6. The molecular formula is C16H10Cl2N2O3. The van der Waals surface area contributed by atoms with Crippen LogP contribution in [0.15, 0.2) is 62.7 Å². The van der Waals surface area contributed by atoms with E-state index in [1.54, 1.807) is 42.5 Å². The van der Waals surface area contributed by atoms with Crippen molar-refractivity contribution in [1.82, 2.24) is 5.43 Å². The molecule has 5 nitrogen and oxygen atoms in total. The van der Waals surface area contributed by atoms with Crippen LogP contribution in [0.3, 0.4) is 0 Å². The Morgan fingerprint density at radius 2 is 2.00 bits per heavy atom. The van der Waals surface area contributed by atoms with Gasteiger partial charge in [-0.1, -0.05) is 23.2 Å². The van der Waals surface area contributed by atoms with E-state index in [1.807, 2.05) is 0 Å².